The molecule has 0 aromatic rings. The van der Waals surface area contributed by atoms with Crippen LogP contribution in [0.15, 0.2) is 23.8 Å². The van der Waals surface area contributed by atoms with Gasteiger partial charge in [0.15, 0.2) is 0 Å². The van der Waals surface area contributed by atoms with Gasteiger partial charge in [-0.25, -0.2) is 0 Å². The van der Waals surface area contributed by atoms with Crippen molar-refractivity contribution in [1.82, 2.24) is 0 Å². The van der Waals surface area contributed by atoms with Crippen LogP contribution in [0.5, 0.6) is 0 Å². The van der Waals surface area contributed by atoms with E-state index in [1.807, 2.05) is 0 Å². The summed E-state index contributed by atoms with van der Waals surface area (Å²) in [7, 11) is 0. The molecule has 2 heteroatoms. The molecular formula is C28H44O2. The summed E-state index contributed by atoms with van der Waals surface area (Å²) in [6.45, 7) is 14.6. The lowest BCUT2D eigenvalue weighted by Gasteiger charge is -2.56. The maximum atomic E-state index is 10.4. The highest BCUT2D eigenvalue weighted by Crippen LogP contribution is 2.72. The zero-order valence-electron chi connectivity index (χ0n) is 20.2. The van der Waals surface area contributed by atoms with Crippen LogP contribution in [0.1, 0.15) is 86.5 Å². The number of aliphatic hydroxyl groups excluding tert-OH is 1. The number of hydrogen-bond donors (Lipinski definition) is 1. The summed E-state index contributed by atoms with van der Waals surface area (Å²) in [5.41, 5.74) is 2.38. The standard InChI is InChI=1S/C28H44O2/c1-17(2)18(3)7-8-19(4)22-9-10-23-21-15-25-28(30-25)16-20(29)11-14-27(28,6)24(21)12-13-26(22,23)5/h7-8,15,17-20,22-25,29H,9-14,16H2,1-6H3/t18-,19+,20-,22+,23-,24-,25?,26+,27+,28?/m0/s1. The molecule has 2 unspecified atom stereocenters. The van der Waals surface area contributed by atoms with E-state index in [9.17, 15) is 5.11 Å². The molecule has 0 aromatic heterocycles. The highest BCUT2D eigenvalue weighted by Gasteiger charge is 2.73. The molecule has 0 bridgehead atoms. The van der Waals surface area contributed by atoms with Gasteiger partial charge in [-0.1, -0.05) is 65.3 Å². The first kappa shape index (κ1) is 21.3. The predicted octanol–water partition coefficient (Wildman–Crippen LogP) is 6.54. The van der Waals surface area contributed by atoms with Crippen LogP contribution in [-0.4, -0.2) is 22.9 Å². The van der Waals surface area contributed by atoms with E-state index in [1.165, 1.54) is 25.7 Å². The van der Waals surface area contributed by atoms with E-state index in [0.717, 1.165) is 37.0 Å². The highest BCUT2D eigenvalue weighted by molar-refractivity contribution is 5.38. The van der Waals surface area contributed by atoms with Gasteiger partial charge in [0.2, 0.25) is 0 Å². The number of ether oxygens (including phenoxy) is 1. The molecule has 4 aliphatic carbocycles. The van der Waals surface area contributed by atoms with E-state index < -0.39 is 0 Å². The predicted molar refractivity (Wildman–Crippen MR) is 123 cm³/mol. The maximum absolute atomic E-state index is 10.4. The van der Waals surface area contributed by atoms with Crippen molar-refractivity contribution in [2.24, 2.45) is 46.3 Å². The van der Waals surface area contributed by atoms with Crippen molar-refractivity contribution in [3.05, 3.63) is 23.8 Å². The van der Waals surface area contributed by atoms with Crippen molar-refractivity contribution in [2.75, 3.05) is 0 Å². The Morgan fingerprint density at radius 1 is 1.00 bits per heavy atom. The summed E-state index contributed by atoms with van der Waals surface area (Å²) in [4.78, 5) is 0. The Labute approximate surface area is 184 Å². The molecule has 5 aliphatic rings. The molecule has 1 saturated heterocycles. The number of epoxide rings is 1. The second kappa shape index (κ2) is 6.95. The largest absolute Gasteiger partial charge is 0.393 e. The molecule has 168 valence electrons. The molecule has 2 nitrogen and oxygen atoms in total. The number of aliphatic hydroxyl groups is 1. The van der Waals surface area contributed by atoms with Crippen molar-refractivity contribution in [3.8, 4) is 0 Å². The van der Waals surface area contributed by atoms with E-state index in [-0.39, 0.29) is 23.2 Å². The Morgan fingerprint density at radius 2 is 1.77 bits per heavy atom. The van der Waals surface area contributed by atoms with Crippen molar-refractivity contribution < 1.29 is 9.84 Å². The average molecular weight is 413 g/mol. The lowest BCUT2D eigenvalue weighted by Crippen LogP contribution is -2.55. The number of hydrogen-bond acceptors (Lipinski definition) is 2. The fourth-order valence-electron chi connectivity index (χ4n) is 8.52. The molecule has 30 heavy (non-hydrogen) atoms. The van der Waals surface area contributed by atoms with Crippen molar-refractivity contribution in [3.63, 3.8) is 0 Å². The molecule has 3 saturated carbocycles. The zero-order valence-corrected chi connectivity index (χ0v) is 20.2. The summed E-state index contributed by atoms with van der Waals surface area (Å²) in [5.74, 6) is 4.26. The number of rotatable bonds is 4. The normalized spacial score (nSPS) is 51.6. The third-order valence-corrected chi connectivity index (χ3v) is 10.9. The molecule has 4 fully saturated rings. The van der Waals surface area contributed by atoms with Crippen LogP contribution < -0.4 is 0 Å². The topological polar surface area (TPSA) is 32.8 Å². The van der Waals surface area contributed by atoms with E-state index in [0.29, 0.717) is 23.2 Å². The first-order valence-electron chi connectivity index (χ1n) is 12.9. The first-order chi connectivity index (χ1) is 14.1. The van der Waals surface area contributed by atoms with Gasteiger partial charge in [0.25, 0.3) is 0 Å². The summed E-state index contributed by atoms with van der Waals surface area (Å²) in [6, 6.07) is 0. The number of fused-ring (bicyclic) bond motifs is 4. The van der Waals surface area contributed by atoms with E-state index in [4.69, 9.17) is 4.74 Å². The van der Waals surface area contributed by atoms with E-state index in [1.54, 1.807) is 5.57 Å². The molecule has 0 aromatic carbocycles. The molecule has 10 atom stereocenters. The van der Waals surface area contributed by atoms with Gasteiger partial charge in [-0.15, -0.1) is 0 Å². The molecule has 0 amide bonds. The van der Waals surface area contributed by atoms with Gasteiger partial charge >= 0.3 is 0 Å². The van der Waals surface area contributed by atoms with Crippen molar-refractivity contribution >= 4 is 0 Å². The molecule has 1 heterocycles. The lowest BCUT2D eigenvalue weighted by molar-refractivity contribution is -0.0527. The van der Waals surface area contributed by atoms with Crippen molar-refractivity contribution in [2.45, 2.75) is 104 Å². The minimum Gasteiger partial charge on any atom is -0.393 e. The van der Waals surface area contributed by atoms with E-state index in [2.05, 4.69) is 59.8 Å². The SMILES string of the molecule is CC(C)[C@@H](C)C=C[C@@H](C)[C@H]1CC[C@H]2C3=CC4OC45C[C@@H](O)CC[C@]5(C)[C@H]3CC[C@]12C. The second-order valence-electron chi connectivity index (χ2n) is 12.6. The minimum absolute atomic E-state index is 0.0480. The Bertz CT molecular complexity index is 752. The van der Waals surface area contributed by atoms with Gasteiger partial charge in [0, 0.05) is 11.8 Å². The fraction of sp³-hybridized carbons (Fsp3) is 0.857. The van der Waals surface area contributed by atoms with Gasteiger partial charge in [-0.2, -0.15) is 0 Å². The molecule has 0 radical (unpaired) electrons. The first-order valence-corrected chi connectivity index (χ1v) is 12.9. The van der Waals surface area contributed by atoms with Gasteiger partial charge in [0.1, 0.15) is 11.7 Å². The molecule has 1 N–H and O–H groups in total. The smallest absolute Gasteiger partial charge is 0.107 e. The summed E-state index contributed by atoms with van der Waals surface area (Å²) >= 11 is 0. The average Bonchev–Trinajstić information content (AvgIpc) is 3.27. The lowest BCUT2D eigenvalue weighted by atomic mass is 9.47. The van der Waals surface area contributed by atoms with Crippen molar-refractivity contribution in [1.29, 1.82) is 0 Å². The van der Waals surface area contributed by atoms with Crippen LogP contribution in [0, 0.1) is 46.3 Å². The maximum Gasteiger partial charge on any atom is 0.107 e. The highest BCUT2D eigenvalue weighted by atomic mass is 16.6. The Kier molecular flexibility index (Phi) is 4.92. The Morgan fingerprint density at radius 3 is 2.50 bits per heavy atom. The van der Waals surface area contributed by atoms with Crippen LogP contribution in [0.25, 0.3) is 0 Å². The van der Waals surface area contributed by atoms with Gasteiger partial charge in [-0.05, 0) is 79.4 Å². The quantitative estimate of drug-likeness (QED) is 0.420. The Balaban J connectivity index is 1.40. The summed E-state index contributed by atoms with van der Waals surface area (Å²) in [6.07, 6.45) is 16.0. The minimum atomic E-state index is -0.163. The molecule has 1 aliphatic heterocycles. The van der Waals surface area contributed by atoms with Crippen LogP contribution in [0.4, 0.5) is 0 Å². The summed E-state index contributed by atoms with van der Waals surface area (Å²) < 4.78 is 6.43. The van der Waals surface area contributed by atoms with Gasteiger partial charge < -0.3 is 9.84 Å². The fourth-order valence-corrected chi connectivity index (χ4v) is 8.52. The van der Waals surface area contributed by atoms with E-state index >= 15 is 0 Å². The van der Waals surface area contributed by atoms with Crippen LogP contribution >= 0.6 is 0 Å². The molecule has 1 spiro atoms. The Hall–Kier alpha value is -0.600. The summed E-state index contributed by atoms with van der Waals surface area (Å²) in [5, 5.41) is 10.4. The van der Waals surface area contributed by atoms with Crippen LogP contribution in [0.3, 0.4) is 0 Å². The monoisotopic (exact) mass is 412 g/mol. The third kappa shape index (κ3) is 2.81. The second-order valence-corrected chi connectivity index (χ2v) is 12.6. The number of allylic oxidation sites excluding steroid dienone is 3. The van der Waals surface area contributed by atoms with Gasteiger partial charge in [-0.3, -0.25) is 0 Å². The molecular weight excluding hydrogens is 368 g/mol. The molecule has 5 rings (SSSR count). The van der Waals surface area contributed by atoms with Crippen LogP contribution in [0.2, 0.25) is 0 Å². The zero-order chi connectivity index (χ0) is 21.5. The van der Waals surface area contributed by atoms with Crippen LogP contribution in [-0.2, 0) is 4.74 Å². The van der Waals surface area contributed by atoms with Gasteiger partial charge in [0.05, 0.1) is 6.10 Å². The third-order valence-electron chi connectivity index (χ3n) is 10.9.